The molecule has 0 aliphatic carbocycles. The Morgan fingerprint density at radius 1 is 1.00 bits per heavy atom. The molecule has 0 bridgehead atoms. The molecular formula is C25H31F6N3O4S. The zero-order chi connectivity index (χ0) is 28.6. The molecule has 39 heavy (non-hydrogen) atoms. The molecule has 1 N–H and O–H groups in total. The van der Waals surface area contributed by atoms with E-state index in [1.54, 1.807) is 0 Å². The van der Waals surface area contributed by atoms with Crippen molar-refractivity contribution in [1.29, 1.82) is 0 Å². The fraction of sp³-hybridized carbons (Fsp3) is 0.680. The Morgan fingerprint density at radius 2 is 1.59 bits per heavy atom. The van der Waals surface area contributed by atoms with Gasteiger partial charge in [-0.05, 0) is 61.8 Å². The summed E-state index contributed by atoms with van der Waals surface area (Å²) in [6, 6.07) is 5.88. The van der Waals surface area contributed by atoms with Gasteiger partial charge >= 0.3 is 24.4 Å². The van der Waals surface area contributed by atoms with Crippen molar-refractivity contribution in [2.24, 2.45) is 11.3 Å². The SMILES string of the molecule is O=C(O)C1CCN(c2cc(S)ccc2CN2CCC3(CCN(C(=O)OC(C(F)(F)F)C(F)(F)F)CC3)C2)CC1. The first-order valence-electron chi connectivity index (χ1n) is 12.8. The molecule has 3 heterocycles. The molecule has 3 aliphatic heterocycles. The third kappa shape index (κ3) is 7.05. The van der Waals surface area contributed by atoms with Crippen LogP contribution in [0.15, 0.2) is 23.1 Å². The van der Waals surface area contributed by atoms with Crippen LogP contribution in [0.3, 0.4) is 0 Å². The maximum Gasteiger partial charge on any atom is 0.434 e. The van der Waals surface area contributed by atoms with Crippen molar-refractivity contribution in [3.63, 3.8) is 0 Å². The minimum absolute atomic E-state index is 0.0211. The van der Waals surface area contributed by atoms with Crippen molar-refractivity contribution in [1.82, 2.24) is 9.80 Å². The van der Waals surface area contributed by atoms with Gasteiger partial charge in [-0.25, -0.2) is 4.79 Å². The summed E-state index contributed by atoms with van der Waals surface area (Å²) in [6.45, 7) is 3.38. The number of benzene rings is 1. The predicted molar refractivity (Wildman–Crippen MR) is 132 cm³/mol. The topological polar surface area (TPSA) is 73.3 Å². The van der Waals surface area contributed by atoms with E-state index in [9.17, 15) is 41.0 Å². The Labute approximate surface area is 227 Å². The summed E-state index contributed by atoms with van der Waals surface area (Å²) in [4.78, 5) is 29.6. The normalized spacial score (nSPS) is 21.1. The lowest BCUT2D eigenvalue weighted by molar-refractivity contribution is -0.308. The average Bonchev–Trinajstić information content (AvgIpc) is 3.24. The molecule has 0 aromatic heterocycles. The highest BCUT2D eigenvalue weighted by atomic mass is 32.1. The number of nitrogens with zero attached hydrogens (tertiary/aromatic N) is 3. The van der Waals surface area contributed by atoms with E-state index in [2.05, 4.69) is 27.2 Å². The highest BCUT2D eigenvalue weighted by molar-refractivity contribution is 7.80. The van der Waals surface area contributed by atoms with Gasteiger partial charge in [0.05, 0.1) is 5.92 Å². The van der Waals surface area contributed by atoms with Gasteiger partial charge in [0.15, 0.2) is 0 Å². The van der Waals surface area contributed by atoms with Crippen LogP contribution >= 0.6 is 12.6 Å². The lowest BCUT2D eigenvalue weighted by atomic mass is 9.78. The van der Waals surface area contributed by atoms with Crippen molar-refractivity contribution < 1.29 is 45.8 Å². The standard InChI is InChI=1S/C25H31F6N3O4S/c26-24(27,28)21(25(29,30)31)38-22(37)34-11-6-23(7-12-34)5-10-32(15-23)14-17-1-2-18(39)13-19(17)33-8-3-16(4-9-33)20(35)36/h1-2,13,16,21,39H,3-12,14-15H2,(H,35,36). The Morgan fingerprint density at radius 3 is 2.15 bits per heavy atom. The third-order valence-electron chi connectivity index (χ3n) is 8.06. The first-order chi connectivity index (χ1) is 18.2. The minimum atomic E-state index is -5.74. The fourth-order valence-electron chi connectivity index (χ4n) is 5.82. The molecule has 4 rings (SSSR count). The summed E-state index contributed by atoms with van der Waals surface area (Å²) >= 11 is 4.47. The fourth-order valence-corrected chi connectivity index (χ4v) is 6.01. The van der Waals surface area contributed by atoms with E-state index < -0.39 is 30.5 Å². The lowest BCUT2D eigenvalue weighted by Crippen LogP contribution is -2.50. The van der Waals surface area contributed by atoms with Gasteiger partial charge in [0.2, 0.25) is 0 Å². The zero-order valence-electron chi connectivity index (χ0n) is 21.1. The van der Waals surface area contributed by atoms with Crippen molar-refractivity contribution in [2.45, 2.75) is 62.0 Å². The molecule has 0 atom stereocenters. The summed E-state index contributed by atoms with van der Waals surface area (Å²) in [5.41, 5.74) is 1.90. The number of carbonyl (C=O) groups excluding carboxylic acids is 1. The molecule has 0 saturated carbocycles. The van der Waals surface area contributed by atoms with E-state index in [0.29, 0.717) is 51.9 Å². The number of carboxylic acid groups (broad SMARTS) is 1. The summed E-state index contributed by atoms with van der Waals surface area (Å²) < 4.78 is 80.5. The number of amides is 1. The van der Waals surface area contributed by atoms with E-state index in [0.717, 1.165) is 34.0 Å². The molecular weight excluding hydrogens is 552 g/mol. The van der Waals surface area contributed by atoms with Crippen LogP contribution in [0.5, 0.6) is 0 Å². The van der Waals surface area contributed by atoms with Crippen LogP contribution < -0.4 is 4.90 Å². The van der Waals surface area contributed by atoms with Gasteiger partial charge < -0.3 is 19.6 Å². The summed E-state index contributed by atoms with van der Waals surface area (Å²) in [5, 5.41) is 9.30. The Bertz CT molecular complexity index is 1040. The van der Waals surface area contributed by atoms with Crippen LogP contribution in [0.4, 0.5) is 36.8 Å². The number of thiol groups is 1. The second-order valence-electron chi connectivity index (χ2n) is 10.7. The number of piperidine rings is 2. The van der Waals surface area contributed by atoms with E-state index in [1.165, 1.54) is 0 Å². The van der Waals surface area contributed by atoms with Crippen molar-refractivity contribution >= 4 is 30.4 Å². The number of anilines is 1. The number of hydrogen-bond donors (Lipinski definition) is 2. The lowest BCUT2D eigenvalue weighted by Gasteiger charge is -2.39. The van der Waals surface area contributed by atoms with E-state index in [4.69, 9.17) is 0 Å². The van der Waals surface area contributed by atoms with E-state index in [1.807, 2.05) is 18.2 Å². The van der Waals surface area contributed by atoms with Crippen molar-refractivity contribution in [3.05, 3.63) is 23.8 Å². The van der Waals surface area contributed by atoms with Gasteiger partial charge in [0.25, 0.3) is 6.10 Å². The Hall–Kier alpha value is -2.35. The molecule has 0 radical (unpaired) electrons. The highest BCUT2D eigenvalue weighted by Gasteiger charge is 2.60. The zero-order valence-corrected chi connectivity index (χ0v) is 22.0. The number of carbonyl (C=O) groups is 2. The van der Waals surface area contributed by atoms with Gasteiger partial charge in [0.1, 0.15) is 0 Å². The molecule has 14 heteroatoms. The molecule has 0 unspecified atom stereocenters. The van der Waals surface area contributed by atoms with Gasteiger partial charge in [-0.3, -0.25) is 9.69 Å². The molecule has 3 aliphatic rings. The van der Waals surface area contributed by atoms with Gasteiger partial charge in [-0.15, -0.1) is 12.6 Å². The van der Waals surface area contributed by atoms with Crippen LogP contribution in [0.25, 0.3) is 0 Å². The largest absolute Gasteiger partial charge is 0.481 e. The molecule has 3 fully saturated rings. The molecule has 218 valence electrons. The number of hydrogen-bond acceptors (Lipinski definition) is 6. The molecule has 1 amide bonds. The molecule has 1 spiro atoms. The third-order valence-corrected chi connectivity index (χ3v) is 8.34. The number of carboxylic acids is 1. The van der Waals surface area contributed by atoms with E-state index >= 15 is 0 Å². The van der Waals surface area contributed by atoms with Crippen LogP contribution in [0, 0.1) is 11.3 Å². The number of rotatable bonds is 5. The van der Waals surface area contributed by atoms with Crippen LogP contribution in [0.1, 0.15) is 37.7 Å². The summed E-state index contributed by atoms with van der Waals surface area (Å²) in [7, 11) is 0. The number of aliphatic carboxylic acids is 1. The van der Waals surface area contributed by atoms with Crippen molar-refractivity contribution in [2.75, 3.05) is 44.2 Å². The van der Waals surface area contributed by atoms with Gasteiger partial charge in [-0.1, -0.05) is 6.07 Å². The average molecular weight is 584 g/mol. The second-order valence-corrected chi connectivity index (χ2v) is 11.2. The first-order valence-corrected chi connectivity index (χ1v) is 13.2. The van der Waals surface area contributed by atoms with Crippen LogP contribution in [0.2, 0.25) is 0 Å². The monoisotopic (exact) mass is 583 g/mol. The Kier molecular flexibility index (Phi) is 8.56. The van der Waals surface area contributed by atoms with Crippen molar-refractivity contribution in [3.8, 4) is 0 Å². The number of halogens is 6. The van der Waals surface area contributed by atoms with Crippen LogP contribution in [-0.2, 0) is 16.1 Å². The van der Waals surface area contributed by atoms with Crippen LogP contribution in [-0.4, -0.2) is 84.7 Å². The number of likely N-dealkylation sites (tertiary alicyclic amines) is 2. The minimum Gasteiger partial charge on any atom is -0.481 e. The highest BCUT2D eigenvalue weighted by Crippen LogP contribution is 2.42. The quantitative estimate of drug-likeness (QED) is 0.367. The molecule has 7 nitrogen and oxygen atoms in total. The Balaban J connectivity index is 1.34. The maximum atomic E-state index is 12.8. The second kappa shape index (κ2) is 11.3. The summed E-state index contributed by atoms with van der Waals surface area (Å²) in [6.07, 6.45) is -14.4. The molecule has 1 aromatic carbocycles. The van der Waals surface area contributed by atoms with E-state index in [-0.39, 0.29) is 24.4 Å². The number of alkyl halides is 6. The van der Waals surface area contributed by atoms with Gasteiger partial charge in [-0.2, -0.15) is 26.3 Å². The molecule has 1 aromatic rings. The summed E-state index contributed by atoms with van der Waals surface area (Å²) in [5.74, 6) is -1.13. The first kappa shape index (κ1) is 29.6. The van der Waals surface area contributed by atoms with Gasteiger partial charge in [0, 0.05) is 49.9 Å². The maximum absolute atomic E-state index is 12.8. The number of ether oxygens (including phenoxy) is 1. The smallest absolute Gasteiger partial charge is 0.434 e. The predicted octanol–water partition coefficient (Wildman–Crippen LogP) is 5.19. The molecule has 3 saturated heterocycles.